The third-order valence-electron chi connectivity index (χ3n) is 11.5. The van der Waals surface area contributed by atoms with Crippen LogP contribution < -0.4 is 0 Å². The van der Waals surface area contributed by atoms with Crippen LogP contribution in [0.4, 0.5) is 0 Å². The van der Waals surface area contributed by atoms with Crippen LogP contribution >= 0.6 is 0 Å². The monoisotopic (exact) mass is 1240 g/mol. The van der Waals surface area contributed by atoms with Gasteiger partial charge in [0.15, 0.2) is 0 Å². The molecule has 0 bridgehead atoms. The Morgan fingerprint density at radius 1 is 0.425 bits per heavy atom. The first kappa shape index (κ1) is 86.5. The zero-order chi connectivity index (χ0) is 68.0. The Bertz CT molecular complexity index is 2250. The van der Waals surface area contributed by atoms with Gasteiger partial charge in [0, 0.05) is 152 Å². The number of rotatable bonds is 18. The lowest BCUT2D eigenvalue weighted by molar-refractivity contribution is -0.193. The highest BCUT2D eigenvalue weighted by Gasteiger charge is 2.32. The smallest absolute Gasteiger partial charge is 0.373 e. The number of carbonyl (C=O) groups excluding carboxylic acids is 7. The van der Waals surface area contributed by atoms with Gasteiger partial charge in [-0.25, -0.2) is 0 Å². The van der Waals surface area contributed by atoms with E-state index in [0.29, 0.717) is 78.5 Å². The van der Waals surface area contributed by atoms with Crippen molar-refractivity contribution in [3.8, 4) is 0 Å². The predicted molar refractivity (Wildman–Crippen MR) is 322 cm³/mol. The Morgan fingerprint density at radius 2 is 0.632 bits per heavy atom. The Hall–Kier alpha value is -6.93. The molecule has 0 saturated carbocycles. The maximum atomic E-state index is 12.8. The number of carboxylic acid groups (broad SMARTS) is 2. The zero-order valence-electron chi connectivity index (χ0n) is 54.7. The summed E-state index contributed by atoms with van der Waals surface area (Å²) in [4.78, 5) is 119. The number of esters is 3. The summed E-state index contributed by atoms with van der Waals surface area (Å²) in [5, 5.41) is 32.8. The van der Waals surface area contributed by atoms with Crippen molar-refractivity contribution in [2.75, 3.05) is 152 Å². The van der Waals surface area contributed by atoms with Crippen molar-refractivity contribution in [2.45, 2.75) is 146 Å². The van der Waals surface area contributed by atoms with E-state index in [4.69, 9.17) is 55.5 Å². The highest BCUT2D eigenvalue weighted by Crippen LogP contribution is 2.19. The van der Waals surface area contributed by atoms with Crippen LogP contribution in [0.5, 0.6) is 0 Å². The molecule has 2 atom stereocenters. The van der Waals surface area contributed by atoms with E-state index < -0.39 is 40.8 Å². The number of carbonyl (C=O) groups is 5. The molecule has 2 rings (SSSR count). The average molecular weight is 1240 g/mol. The summed E-state index contributed by atoms with van der Waals surface area (Å²) in [6, 6.07) is -1.56. The number of hydrogen-bond acceptors (Lipinski definition) is 23. The van der Waals surface area contributed by atoms with Crippen molar-refractivity contribution in [3.63, 3.8) is 0 Å². The molecule has 2 aliphatic heterocycles. The van der Waals surface area contributed by atoms with E-state index in [1.54, 1.807) is 0 Å². The third kappa shape index (κ3) is 54.2. The minimum atomic E-state index is -0.972. The van der Waals surface area contributed by atoms with Crippen LogP contribution in [-0.2, 0) is 57.4 Å². The molecular formula is C54H101N19O14. The quantitative estimate of drug-likeness (QED) is 0.0505. The maximum Gasteiger partial charge on any atom is 0.373 e. The van der Waals surface area contributed by atoms with Crippen molar-refractivity contribution < 1.29 is 67.6 Å². The molecule has 0 aromatic rings. The molecule has 87 heavy (non-hydrogen) atoms. The molecule has 2 heterocycles. The van der Waals surface area contributed by atoms with Gasteiger partial charge in [-0.2, -0.15) is 19.2 Å². The fraction of sp³-hybridized carbons (Fsp3) is 0.870. The topological polar surface area (TPSA) is 440 Å². The second-order valence-corrected chi connectivity index (χ2v) is 25.3. The van der Waals surface area contributed by atoms with Gasteiger partial charge in [-0.3, -0.25) is 48.5 Å². The molecule has 0 aliphatic carbocycles. The summed E-state index contributed by atoms with van der Waals surface area (Å²) in [5.41, 5.74) is 30.3. The number of azide groups is 4. The number of ether oxygens (including phenoxy) is 3. The lowest BCUT2D eigenvalue weighted by atomic mass is 9.96. The Morgan fingerprint density at radius 3 is 0.816 bits per heavy atom. The number of carboxylic acids is 2. The molecule has 33 nitrogen and oxygen atoms in total. The minimum absolute atomic E-state index is 0.00974. The molecule has 2 aliphatic rings. The van der Waals surface area contributed by atoms with E-state index in [-0.39, 0.29) is 86.6 Å². The van der Waals surface area contributed by atoms with Crippen molar-refractivity contribution in [1.82, 2.24) is 34.3 Å². The lowest BCUT2D eigenvalue weighted by Crippen LogP contribution is -2.52. The van der Waals surface area contributed by atoms with E-state index in [1.807, 2.05) is 81.9 Å². The standard InChI is InChI=1S/C29H55N7O6.C21H40N6O4.2CH3N3.2CO2/c1-27(2,3)22-35-15-14-33(20-24(37)41-28(4,5)6)12-13-34(21-25(38)42-29(7,8)9)16-18-36(19-17-35)23(26(39)40)10-11-31-32-30;1-20(2,3)16-26-10-9-25(15-18(28)31-21(4,5)6)11-13-27(14-12-26)17(19(29)30)7-8-23-24-22;2*1-3-4-2;2*2-1-3/h23H,10-22H2,1-9H3,(H,39,40);17H,7-16H2,1-6H3,(H,29,30);2*1H3;;. The first-order chi connectivity index (χ1) is 40.2. The van der Waals surface area contributed by atoms with Crippen molar-refractivity contribution in [1.29, 1.82) is 0 Å². The molecule has 0 aromatic carbocycles. The molecule has 0 amide bonds. The van der Waals surface area contributed by atoms with E-state index in [9.17, 15) is 34.2 Å². The molecule has 2 fully saturated rings. The summed E-state index contributed by atoms with van der Waals surface area (Å²) >= 11 is 0. The van der Waals surface area contributed by atoms with Crippen LogP contribution in [0.1, 0.15) is 117 Å². The van der Waals surface area contributed by atoms with Crippen LogP contribution in [0.15, 0.2) is 20.5 Å². The van der Waals surface area contributed by atoms with Crippen molar-refractivity contribution in [2.24, 2.45) is 31.3 Å². The second kappa shape index (κ2) is 47.2. The van der Waals surface area contributed by atoms with E-state index in [1.165, 1.54) is 14.1 Å². The largest absolute Gasteiger partial charge is 0.480 e. The van der Waals surface area contributed by atoms with Crippen LogP contribution in [-0.4, -0.2) is 267 Å². The van der Waals surface area contributed by atoms with Gasteiger partial charge in [0.1, 0.15) is 28.9 Å². The van der Waals surface area contributed by atoms with Crippen molar-refractivity contribution >= 4 is 42.1 Å². The summed E-state index contributed by atoms with van der Waals surface area (Å²) in [5.74, 6) is -2.84. The van der Waals surface area contributed by atoms with Crippen LogP contribution in [0.2, 0.25) is 0 Å². The Kier molecular flexibility index (Phi) is 46.9. The average Bonchev–Trinajstić information content (AvgIpc) is 3.81. The number of hydrogen-bond donors (Lipinski definition) is 2. The molecule has 0 radical (unpaired) electrons. The van der Waals surface area contributed by atoms with Gasteiger partial charge in [-0.05, 0) is 108 Å². The molecule has 2 N–H and O–H groups in total. The number of aliphatic carboxylic acids is 2. The van der Waals surface area contributed by atoms with Crippen LogP contribution in [0.3, 0.4) is 0 Å². The fourth-order valence-electron chi connectivity index (χ4n) is 8.51. The molecule has 33 heteroatoms. The lowest BCUT2D eigenvalue weighted by Gasteiger charge is -2.37. The van der Waals surface area contributed by atoms with Gasteiger partial charge >= 0.3 is 42.1 Å². The van der Waals surface area contributed by atoms with E-state index in [2.05, 4.69) is 96.3 Å². The van der Waals surface area contributed by atoms with E-state index >= 15 is 0 Å². The first-order valence-corrected chi connectivity index (χ1v) is 28.3. The molecule has 2 unspecified atom stereocenters. The van der Waals surface area contributed by atoms with Gasteiger partial charge in [-0.15, -0.1) is 0 Å². The van der Waals surface area contributed by atoms with Crippen molar-refractivity contribution in [3.05, 3.63) is 41.8 Å². The van der Waals surface area contributed by atoms with Crippen LogP contribution in [0.25, 0.3) is 41.8 Å². The third-order valence-corrected chi connectivity index (χ3v) is 11.5. The van der Waals surface area contributed by atoms with Gasteiger partial charge in [0.05, 0.1) is 19.6 Å². The fourth-order valence-corrected chi connectivity index (χ4v) is 8.51. The summed E-state index contributed by atoms with van der Waals surface area (Å²) < 4.78 is 16.6. The van der Waals surface area contributed by atoms with Gasteiger partial charge in [-0.1, -0.05) is 62.0 Å². The van der Waals surface area contributed by atoms with Crippen LogP contribution in [0, 0.1) is 10.8 Å². The predicted octanol–water partition coefficient (Wildman–Crippen LogP) is 6.22. The normalized spacial score (nSPS) is 16.3. The van der Waals surface area contributed by atoms with Gasteiger partial charge in [0.25, 0.3) is 0 Å². The SMILES string of the molecule is CC(C)(C)CN1CCN(CC(=O)OC(C)(C)C)CCN(C(CCN=[N+]=[N-])C(=O)O)CC1.CC(C)(C)CN1CCN(CC(=O)OC(C)(C)C)CCN(CC(=O)OC(C)(C)C)CCN(C(CCN=[N+]=[N-])C(=O)O)CC1.CN=[N+]=[N-].CN=[N+]=[N-].O=C=O.O=C=O. The zero-order valence-corrected chi connectivity index (χ0v) is 54.7. The Balaban J connectivity index is -0.000000667. The Labute approximate surface area is 512 Å². The first-order valence-electron chi connectivity index (χ1n) is 28.3. The summed E-state index contributed by atoms with van der Waals surface area (Å²) in [6.07, 6.45) is 0.944. The van der Waals surface area contributed by atoms with E-state index in [0.717, 1.165) is 26.2 Å². The second-order valence-electron chi connectivity index (χ2n) is 25.3. The molecule has 0 aromatic heterocycles. The molecular weight excluding hydrogens is 1140 g/mol. The highest BCUT2D eigenvalue weighted by molar-refractivity contribution is 5.74. The minimum Gasteiger partial charge on any atom is -0.480 e. The molecule has 496 valence electrons. The maximum absolute atomic E-state index is 12.8. The highest BCUT2D eigenvalue weighted by atomic mass is 16.6. The van der Waals surface area contributed by atoms with Gasteiger partial charge < -0.3 is 34.2 Å². The summed E-state index contributed by atoms with van der Waals surface area (Å²) in [7, 11) is 2.78. The molecule has 0 spiro atoms. The molecule has 2 saturated heterocycles. The number of nitrogens with zero attached hydrogens (tertiary/aromatic N) is 19. The van der Waals surface area contributed by atoms with Gasteiger partial charge in [0.2, 0.25) is 0 Å². The summed E-state index contributed by atoms with van der Waals surface area (Å²) in [6.45, 7) is 39.9.